The number of carbonyl (C=O) groups is 3. The minimum absolute atomic E-state index is 0.134. The van der Waals surface area contributed by atoms with E-state index in [9.17, 15) is 14.4 Å². The van der Waals surface area contributed by atoms with Gasteiger partial charge in [-0.3, -0.25) is 14.9 Å². The first-order chi connectivity index (χ1) is 17.5. The number of ether oxygens (including phenoxy) is 1. The lowest BCUT2D eigenvalue weighted by molar-refractivity contribution is -0.115. The summed E-state index contributed by atoms with van der Waals surface area (Å²) < 4.78 is 5.48. The van der Waals surface area contributed by atoms with E-state index in [-0.39, 0.29) is 6.03 Å². The van der Waals surface area contributed by atoms with Gasteiger partial charge in [-0.1, -0.05) is 18.2 Å². The number of benzene rings is 1. The quantitative estimate of drug-likeness (QED) is 0.599. The molecule has 4 amide bonds. The van der Waals surface area contributed by atoms with Crippen molar-refractivity contribution in [3.05, 3.63) is 47.0 Å². The van der Waals surface area contributed by atoms with Crippen LogP contribution in [0.15, 0.2) is 41.3 Å². The molecule has 1 aromatic carbocycles. The lowest BCUT2D eigenvalue weighted by Gasteiger charge is -2.29. The lowest BCUT2D eigenvalue weighted by Crippen LogP contribution is -2.39. The van der Waals surface area contributed by atoms with Gasteiger partial charge in [-0.15, -0.1) is 0 Å². The third kappa shape index (κ3) is 5.77. The van der Waals surface area contributed by atoms with Crippen molar-refractivity contribution >= 4 is 52.5 Å². The molecule has 3 aliphatic rings. The summed E-state index contributed by atoms with van der Waals surface area (Å²) in [5.41, 5.74) is 1.31. The van der Waals surface area contributed by atoms with Crippen LogP contribution >= 0.6 is 11.8 Å². The van der Waals surface area contributed by atoms with Crippen molar-refractivity contribution < 1.29 is 19.1 Å². The van der Waals surface area contributed by atoms with Gasteiger partial charge in [0.1, 0.15) is 5.82 Å². The summed E-state index contributed by atoms with van der Waals surface area (Å²) in [5, 5.41) is 4.83. The number of anilines is 3. The zero-order chi connectivity index (χ0) is 24.9. The molecule has 0 atom stereocenters. The van der Waals surface area contributed by atoms with Crippen molar-refractivity contribution in [2.45, 2.75) is 6.42 Å². The number of thioether (sulfide) groups is 1. The average Bonchev–Trinajstić information content (AvgIpc) is 3.07. The Balaban J connectivity index is 1.35. The van der Waals surface area contributed by atoms with E-state index in [0.717, 1.165) is 29.7 Å². The molecule has 1 aromatic heterocycles. The fourth-order valence-electron chi connectivity index (χ4n) is 4.21. The minimum Gasteiger partial charge on any atom is -0.378 e. The molecule has 0 bridgehead atoms. The highest BCUT2D eigenvalue weighted by Gasteiger charge is 2.26. The van der Waals surface area contributed by atoms with Gasteiger partial charge in [-0.05, 0) is 36.4 Å². The topological polar surface area (TPSA) is 120 Å². The molecule has 2 N–H and O–H groups in total. The van der Waals surface area contributed by atoms with Crippen LogP contribution in [0.2, 0.25) is 0 Å². The number of rotatable bonds is 4. The summed E-state index contributed by atoms with van der Waals surface area (Å²) in [6.07, 6.45) is 2.38. The molecule has 188 valence electrons. The first kappa shape index (κ1) is 24.1. The van der Waals surface area contributed by atoms with Gasteiger partial charge in [-0.25, -0.2) is 9.78 Å². The Hall–Kier alpha value is -3.64. The van der Waals surface area contributed by atoms with E-state index in [4.69, 9.17) is 14.7 Å². The molecule has 36 heavy (non-hydrogen) atoms. The van der Waals surface area contributed by atoms with Crippen LogP contribution in [0.25, 0.3) is 6.08 Å². The Morgan fingerprint density at radius 3 is 2.56 bits per heavy atom. The minimum atomic E-state index is -0.423. The Morgan fingerprint density at radius 1 is 1.00 bits per heavy atom. The molecule has 5 rings (SSSR count). The molecule has 0 radical (unpaired) electrons. The molecule has 0 spiro atoms. The number of nitrogens with zero attached hydrogens (tertiary/aromatic N) is 5. The second kappa shape index (κ2) is 11.0. The van der Waals surface area contributed by atoms with Gasteiger partial charge >= 0.3 is 6.03 Å². The standard InChI is InChI=1S/C24H27N7O4S/c32-21-19(36-24(34)28-21)15-18-16-20(29-11-13-35-14-12-29)27-22(25-18)30-7-4-8-31(10-9-30)23(33)26-17-5-2-1-3-6-17/h1-3,5-6,15-16H,4,7-14H2,(H,26,33)(H,28,32,34)/b19-15-. The highest BCUT2D eigenvalue weighted by atomic mass is 32.2. The predicted molar refractivity (Wildman–Crippen MR) is 138 cm³/mol. The number of nitrogens with one attached hydrogen (secondary N) is 2. The highest BCUT2D eigenvalue weighted by molar-refractivity contribution is 8.18. The van der Waals surface area contributed by atoms with E-state index in [1.165, 1.54) is 0 Å². The number of hydrogen-bond acceptors (Lipinski definition) is 9. The molecule has 3 fully saturated rings. The van der Waals surface area contributed by atoms with Gasteiger partial charge in [0.2, 0.25) is 5.95 Å². The monoisotopic (exact) mass is 509 g/mol. The SMILES string of the molecule is O=C1NC(=O)/C(=C/c2cc(N3CCOCC3)nc(N3CCCN(C(=O)Nc4ccccc4)CC3)n2)S1. The zero-order valence-corrected chi connectivity index (χ0v) is 20.5. The van der Waals surface area contributed by atoms with Crippen molar-refractivity contribution in [3.63, 3.8) is 0 Å². The zero-order valence-electron chi connectivity index (χ0n) is 19.7. The molecule has 4 heterocycles. The molecule has 2 aromatic rings. The Labute approximate surface area is 212 Å². The van der Waals surface area contributed by atoms with E-state index in [1.807, 2.05) is 36.4 Å². The Bertz CT molecular complexity index is 1170. The van der Waals surface area contributed by atoms with Crippen molar-refractivity contribution in [2.24, 2.45) is 0 Å². The van der Waals surface area contributed by atoms with Crippen LogP contribution in [0.3, 0.4) is 0 Å². The van der Waals surface area contributed by atoms with E-state index in [2.05, 4.69) is 20.4 Å². The molecule has 0 aliphatic carbocycles. The molecule has 3 saturated heterocycles. The largest absolute Gasteiger partial charge is 0.378 e. The maximum Gasteiger partial charge on any atom is 0.321 e. The first-order valence-corrected chi connectivity index (χ1v) is 12.7. The smallest absolute Gasteiger partial charge is 0.321 e. The van der Waals surface area contributed by atoms with E-state index in [0.29, 0.717) is 69.0 Å². The van der Waals surface area contributed by atoms with Crippen molar-refractivity contribution in [1.82, 2.24) is 20.2 Å². The number of morpholine rings is 1. The van der Waals surface area contributed by atoms with Gasteiger partial charge < -0.3 is 24.8 Å². The van der Waals surface area contributed by atoms with Crippen molar-refractivity contribution in [3.8, 4) is 0 Å². The van der Waals surface area contributed by atoms with Crippen LogP contribution in [0.5, 0.6) is 0 Å². The fourth-order valence-corrected chi connectivity index (χ4v) is 4.88. The normalized spacial score (nSPS) is 19.9. The molecular formula is C24H27N7O4S. The van der Waals surface area contributed by atoms with Gasteiger partial charge in [-0.2, -0.15) is 4.98 Å². The number of urea groups is 1. The van der Waals surface area contributed by atoms with Crippen LogP contribution in [0, 0.1) is 0 Å². The molecule has 11 nitrogen and oxygen atoms in total. The number of para-hydroxylation sites is 1. The van der Waals surface area contributed by atoms with E-state index >= 15 is 0 Å². The van der Waals surface area contributed by atoms with Crippen LogP contribution in [0.4, 0.5) is 27.0 Å². The van der Waals surface area contributed by atoms with Gasteiger partial charge in [0.15, 0.2) is 0 Å². The maximum absolute atomic E-state index is 12.8. The molecule has 3 aliphatic heterocycles. The summed E-state index contributed by atoms with van der Waals surface area (Å²) >= 11 is 0.862. The number of imide groups is 1. The lowest BCUT2D eigenvalue weighted by atomic mass is 10.3. The number of aromatic nitrogens is 2. The van der Waals surface area contributed by atoms with Gasteiger partial charge in [0.05, 0.1) is 23.8 Å². The summed E-state index contributed by atoms with van der Waals surface area (Å²) in [5.74, 6) is 0.853. The van der Waals surface area contributed by atoms with E-state index < -0.39 is 11.1 Å². The van der Waals surface area contributed by atoms with Crippen LogP contribution in [0.1, 0.15) is 12.1 Å². The third-order valence-electron chi connectivity index (χ3n) is 6.07. The van der Waals surface area contributed by atoms with Gasteiger partial charge in [0, 0.05) is 51.0 Å². The number of amides is 4. The van der Waals surface area contributed by atoms with E-state index in [1.54, 1.807) is 11.0 Å². The maximum atomic E-state index is 12.8. The second-order valence-corrected chi connectivity index (χ2v) is 9.54. The summed E-state index contributed by atoms with van der Waals surface area (Å²) in [4.78, 5) is 52.3. The molecule has 12 heteroatoms. The molecule has 0 unspecified atom stereocenters. The molecule has 0 saturated carbocycles. The first-order valence-electron chi connectivity index (χ1n) is 11.9. The summed E-state index contributed by atoms with van der Waals surface area (Å²) in [6.45, 7) is 5.02. The number of carbonyl (C=O) groups excluding carboxylic acids is 3. The fraction of sp³-hybridized carbons (Fsp3) is 0.375. The average molecular weight is 510 g/mol. The highest BCUT2D eigenvalue weighted by Crippen LogP contribution is 2.27. The van der Waals surface area contributed by atoms with Gasteiger partial charge in [0.25, 0.3) is 11.1 Å². The van der Waals surface area contributed by atoms with Crippen molar-refractivity contribution in [1.29, 1.82) is 0 Å². The van der Waals surface area contributed by atoms with Crippen LogP contribution in [-0.2, 0) is 9.53 Å². The van der Waals surface area contributed by atoms with Crippen LogP contribution < -0.4 is 20.4 Å². The summed E-state index contributed by atoms with van der Waals surface area (Å²) in [7, 11) is 0. The molecular weight excluding hydrogens is 482 g/mol. The Morgan fingerprint density at radius 2 is 1.81 bits per heavy atom. The third-order valence-corrected chi connectivity index (χ3v) is 6.88. The van der Waals surface area contributed by atoms with Crippen LogP contribution in [-0.4, -0.2) is 84.5 Å². The van der Waals surface area contributed by atoms with Crippen molar-refractivity contribution in [2.75, 3.05) is 67.6 Å². The second-order valence-electron chi connectivity index (χ2n) is 8.53. The predicted octanol–water partition coefficient (Wildman–Crippen LogP) is 2.38. The Kier molecular flexibility index (Phi) is 7.33. The number of hydrogen-bond donors (Lipinski definition) is 2. The summed E-state index contributed by atoms with van der Waals surface area (Å²) in [6, 6.07) is 11.1.